The second-order valence-electron chi connectivity index (χ2n) is 5.20. The summed E-state index contributed by atoms with van der Waals surface area (Å²) in [5, 5.41) is 13.4. The maximum atomic E-state index is 10.1. The van der Waals surface area contributed by atoms with Crippen molar-refractivity contribution in [3.05, 3.63) is 47.9 Å². The summed E-state index contributed by atoms with van der Waals surface area (Å²) >= 11 is 0. The molecule has 1 aliphatic rings. The molecular formula is C16H19NO4. The molecule has 0 aliphatic carbocycles. The van der Waals surface area contributed by atoms with Gasteiger partial charge in [0.25, 0.3) is 0 Å². The molecule has 0 saturated heterocycles. The van der Waals surface area contributed by atoms with Crippen molar-refractivity contribution in [1.29, 1.82) is 0 Å². The molecule has 5 nitrogen and oxygen atoms in total. The molecule has 0 radical (unpaired) electrons. The van der Waals surface area contributed by atoms with Crippen LogP contribution in [0.2, 0.25) is 0 Å². The Kier molecular flexibility index (Phi) is 4.13. The van der Waals surface area contributed by atoms with Crippen LogP contribution in [0.1, 0.15) is 30.8 Å². The summed E-state index contributed by atoms with van der Waals surface area (Å²) in [6, 6.07) is 9.57. The molecule has 2 N–H and O–H groups in total. The Morgan fingerprint density at radius 3 is 2.95 bits per heavy atom. The summed E-state index contributed by atoms with van der Waals surface area (Å²) in [5.74, 6) is 2.20. The van der Waals surface area contributed by atoms with Crippen molar-refractivity contribution in [3.8, 4) is 11.5 Å². The summed E-state index contributed by atoms with van der Waals surface area (Å²) < 4.78 is 16.0. The second kappa shape index (κ2) is 6.20. The van der Waals surface area contributed by atoms with Crippen LogP contribution in [0.3, 0.4) is 0 Å². The maximum Gasteiger partial charge on any atom is 0.231 e. The summed E-state index contributed by atoms with van der Waals surface area (Å²) in [4.78, 5) is 0. The number of hydrogen-bond acceptors (Lipinski definition) is 5. The highest BCUT2D eigenvalue weighted by Gasteiger charge is 2.18. The van der Waals surface area contributed by atoms with Gasteiger partial charge in [-0.3, -0.25) is 0 Å². The van der Waals surface area contributed by atoms with E-state index < -0.39 is 6.10 Å². The van der Waals surface area contributed by atoms with E-state index in [1.807, 2.05) is 25.1 Å². The van der Waals surface area contributed by atoms with Crippen molar-refractivity contribution in [2.24, 2.45) is 0 Å². The summed E-state index contributed by atoms with van der Waals surface area (Å²) in [7, 11) is 0. The monoisotopic (exact) mass is 289 g/mol. The van der Waals surface area contributed by atoms with E-state index in [-0.39, 0.29) is 12.8 Å². The minimum Gasteiger partial charge on any atom is -0.467 e. The smallest absolute Gasteiger partial charge is 0.231 e. The number of rotatable bonds is 6. The largest absolute Gasteiger partial charge is 0.467 e. The first-order valence-corrected chi connectivity index (χ1v) is 7.06. The van der Waals surface area contributed by atoms with Gasteiger partial charge in [-0.25, -0.2) is 0 Å². The number of nitrogens with one attached hydrogen (secondary N) is 1. The standard InChI is InChI=1S/C16H19NO4/c1-11(8-13(18)14-6-3-7-19-14)17-9-12-4-2-5-15-16(12)21-10-20-15/h2-7,11,13,17-18H,8-10H2,1H3. The number of para-hydroxylation sites is 1. The normalized spacial score (nSPS) is 15.9. The van der Waals surface area contributed by atoms with Gasteiger partial charge in [0.05, 0.1) is 6.26 Å². The van der Waals surface area contributed by atoms with Gasteiger partial charge in [0, 0.05) is 18.2 Å². The highest BCUT2D eigenvalue weighted by Crippen LogP contribution is 2.35. The van der Waals surface area contributed by atoms with Crippen LogP contribution < -0.4 is 14.8 Å². The van der Waals surface area contributed by atoms with E-state index in [4.69, 9.17) is 13.9 Å². The van der Waals surface area contributed by atoms with Crippen LogP contribution in [-0.2, 0) is 6.54 Å². The fourth-order valence-electron chi connectivity index (χ4n) is 2.43. The minimum absolute atomic E-state index is 0.142. The zero-order valence-corrected chi connectivity index (χ0v) is 11.9. The molecule has 21 heavy (non-hydrogen) atoms. The Morgan fingerprint density at radius 2 is 2.14 bits per heavy atom. The van der Waals surface area contributed by atoms with Crippen LogP contribution >= 0.6 is 0 Å². The third-order valence-corrected chi connectivity index (χ3v) is 3.57. The first-order valence-electron chi connectivity index (χ1n) is 7.06. The number of hydrogen-bond donors (Lipinski definition) is 2. The average molecular weight is 289 g/mol. The van der Waals surface area contributed by atoms with Crippen LogP contribution in [-0.4, -0.2) is 17.9 Å². The maximum absolute atomic E-state index is 10.1. The second-order valence-corrected chi connectivity index (χ2v) is 5.20. The van der Waals surface area contributed by atoms with E-state index in [0.717, 1.165) is 17.1 Å². The molecule has 1 aromatic heterocycles. The first-order chi connectivity index (χ1) is 10.2. The van der Waals surface area contributed by atoms with Crippen LogP contribution in [0, 0.1) is 0 Å². The van der Waals surface area contributed by atoms with Crippen molar-refractivity contribution < 1.29 is 19.0 Å². The van der Waals surface area contributed by atoms with Gasteiger partial charge in [-0.15, -0.1) is 0 Å². The average Bonchev–Trinajstić information content (AvgIpc) is 3.15. The van der Waals surface area contributed by atoms with Gasteiger partial charge in [0.1, 0.15) is 11.9 Å². The zero-order chi connectivity index (χ0) is 14.7. The van der Waals surface area contributed by atoms with Crippen LogP contribution in [0.15, 0.2) is 41.0 Å². The Balaban J connectivity index is 1.54. The van der Waals surface area contributed by atoms with Crippen molar-refractivity contribution in [1.82, 2.24) is 5.32 Å². The van der Waals surface area contributed by atoms with Crippen molar-refractivity contribution in [3.63, 3.8) is 0 Å². The zero-order valence-electron chi connectivity index (χ0n) is 11.9. The van der Waals surface area contributed by atoms with Crippen molar-refractivity contribution >= 4 is 0 Å². The predicted molar refractivity (Wildman–Crippen MR) is 77.2 cm³/mol. The SMILES string of the molecule is CC(CC(O)c1ccco1)NCc1cccc2c1OCO2. The predicted octanol–water partition coefficient (Wildman–Crippen LogP) is 2.61. The van der Waals surface area contributed by atoms with E-state index in [2.05, 4.69) is 5.32 Å². The highest BCUT2D eigenvalue weighted by atomic mass is 16.7. The summed E-state index contributed by atoms with van der Waals surface area (Å²) in [6.07, 6.45) is 1.56. The van der Waals surface area contributed by atoms with Crippen molar-refractivity contribution in [2.45, 2.75) is 32.0 Å². The first kappa shape index (κ1) is 14.0. The molecule has 1 aromatic carbocycles. The van der Waals surface area contributed by atoms with Crippen LogP contribution in [0.5, 0.6) is 11.5 Å². The number of ether oxygens (including phenoxy) is 2. The van der Waals surface area contributed by atoms with E-state index in [1.54, 1.807) is 18.4 Å². The summed E-state index contributed by atoms with van der Waals surface area (Å²) in [5.41, 5.74) is 1.06. The fraction of sp³-hybridized carbons (Fsp3) is 0.375. The lowest BCUT2D eigenvalue weighted by Crippen LogP contribution is -2.27. The van der Waals surface area contributed by atoms with Crippen LogP contribution in [0.4, 0.5) is 0 Å². The Hall–Kier alpha value is -1.98. The lowest BCUT2D eigenvalue weighted by Gasteiger charge is -2.17. The van der Waals surface area contributed by atoms with Gasteiger partial charge in [-0.05, 0) is 31.5 Å². The molecule has 3 rings (SSSR count). The number of aliphatic hydroxyl groups excluding tert-OH is 1. The van der Waals surface area contributed by atoms with Gasteiger partial charge in [-0.2, -0.15) is 0 Å². The molecule has 2 unspecified atom stereocenters. The molecule has 2 aromatic rings. The Morgan fingerprint density at radius 1 is 1.24 bits per heavy atom. The minimum atomic E-state index is -0.594. The molecule has 0 spiro atoms. The molecule has 1 aliphatic heterocycles. The molecule has 5 heteroatoms. The van der Waals surface area contributed by atoms with Gasteiger partial charge in [-0.1, -0.05) is 12.1 Å². The van der Waals surface area contributed by atoms with E-state index in [0.29, 0.717) is 18.7 Å². The quantitative estimate of drug-likeness (QED) is 0.856. The van der Waals surface area contributed by atoms with E-state index in [1.165, 1.54) is 0 Å². The Labute approximate surface area is 123 Å². The Bertz CT molecular complexity index is 582. The lowest BCUT2D eigenvalue weighted by molar-refractivity contribution is 0.128. The third-order valence-electron chi connectivity index (χ3n) is 3.57. The fourth-order valence-corrected chi connectivity index (χ4v) is 2.43. The molecule has 112 valence electrons. The van der Waals surface area contributed by atoms with Crippen molar-refractivity contribution in [2.75, 3.05) is 6.79 Å². The highest BCUT2D eigenvalue weighted by molar-refractivity contribution is 5.48. The van der Waals surface area contributed by atoms with Gasteiger partial charge in [0.15, 0.2) is 11.5 Å². The number of furan rings is 1. The number of benzene rings is 1. The summed E-state index contributed by atoms with van der Waals surface area (Å²) in [6.45, 7) is 2.98. The molecule has 2 atom stereocenters. The molecule has 0 bridgehead atoms. The van der Waals surface area contributed by atoms with Crippen LogP contribution in [0.25, 0.3) is 0 Å². The molecule has 2 heterocycles. The molecule has 0 saturated carbocycles. The van der Waals surface area contributed by atoms with Gasteiger partial charge < -0.3 is 24.3 Å². The number of fused-ring (bicyclic) bond motifs is 1. The van der Waals surface area contributed by atoms with Gasteiger partial charge >= 0.3 is 0 Å². The molecule has 0 fully saturated rings. The third kappa shape index (κ3) is 3.20. The van der Waals surface area contributed by atoms with Gasteiger partial charge in [0.2, 0.25) is 6.79 Å². The van der Waals surface area contributed by atoms with E-state index >= 15 is 0 Å². The van der Waals surface area contributed by atoms with E-state index in [9.17, 15) is 5.11 Å². The lowest BCUT2D eigenvalue weighted by atomic mass is 10.1. The number of aliphatic hydroxyl groups is 1. The molecule has 0 amide bonds. The topological polar surface area (TPSA) is 63.9 Å². The molecular weight excluding hydrogens is 270 g/mol.